The van der Waals surface area contributed by atoms with Crippen molar-refractivity contribution in [2.24, 2.45) is 0 Å². The fraction of sp³-hybridized carbons (Fsp3) is 0.294. The van der Waals surface area contributed by atoms with Gasteiger partial charge in [0.1, 0.15) is 12.4 Å². The standard InChI is InChI=1S/C17H20BrNO2/c1-2-19-10-15-4-3-5-16(18)17(15)21-12-14-8-6-13(11-20)7-9-14/h3-9,19-20H,2,10-12H2,1H3. The lowest BCUT2D eigenvalue weighted by Crippen LogP contribution is -2.13. The van der Waals surface area contributed by atoms with Gasteiger partial charge in [0.05, 0.1) is 11.1 Å². The molecule has 0 bridgehead atoms. The van der Waals surface area contributed by atoms with E-state index in [-0.39, 0.29) is 6.61 Å². The van der Waals surface area contributed by atoms with Gasteiger partial charge in [0.25, 0.3) is 0 Å². The lowest BCUT2D eigenvalue weighted by Gasteiger charge is -2.14. The first-order valence-corrected chi connectivity index (χ1v) is 7.83. The van der Waals surface area contributed by atoms with Gasteiger partial charge in [-0.1, -0.05) is 43.3 Å². The molecule has 0 aromatic heterocycles. The molecule has 0 fully saturated rings. The Labute approximate surface area is 134 Å². The number of aliphatic hydroxyl groups excluding tert-OH is 1. The van der Waals surface area contributed by atoms with Gasteiger partial charge in [-0.2, -0.15) is 0 Å². The summed E-state index contributed by atoms with van der Waals surface area (Å²) >= 11 is 3.55. The molecule has 3 nitrogen and oxygen atoms in total. The lowest BCUT2D eigenvalue weighted by molar-refractivity contribution is 0.281. The van der Waals surface area contributed by atoms with Crippen LogP contribution >= 0.6 is 15.9 Å². The highest BCUT2D eigenvalue weighted by Crippen LogP contribution is 2.29. The van der Waals surface area contributed by atoms with Gasteiger partial charge < -0.3 is 15.2 Å². The van der Waals surface area contributed by atoms with Crippen LogP contribution in [0.3, 0.4) is 0 Å². The Morgan fingerprint density at radius 3 is 2.48 bits per heavy atom. The number of rotatable bonds is 7. The summed E-state index contributed by atoms with van der Waals surface area (Å²) in [6.45, 7) is 4.37. The zero-order chi connectivity index (χ0) is 15.1. The first-order valence-electron chi connectivity index (χ1n) is 7.04. The average Bonchev–Trinajstić information content (AvgIpc) is 2.52. The van der Waals surface area contributed by atoms with Crippen LogP contribution in [-0.4, -0.2) is 11.7 Å². The number of para-hydroxylation sites is 1. The first kappa shape index (κ1) is 16.0. The minimum atomic E-state index is 0.0677. The molecule has 0 unspecified atom stereocenters. The SMILES string of the molecule is CCNCc1cccc(Br)c1OCc1ccc(CO)cc1. The van der Waals surface area contributed by atoms with E-state index < -0.39 is 0 Å². The lowest BCUT2D eigenvalue weighted by atomic mass is 10.1. The van der Waals surface area contributed by atoms with Gasteiger partial charge in [0.2, 0.25) is 0 Å². The van der Waals surface area contributed by atoms with Crippen LogP contribution < -0.4 is 10.1 Å². The predicted octanol–water partition coefficient (Wildman–Crippen LogP) is 3.63. The van der Waals surface area contributed by atoms with E-state index in [1.54, 1.807) is 0 Å². The summed E-state index contributed by atoms with van der Waals surface area (Å²) in [6.07, 6.45) is 0. The second kappa shape index (κ2) is 8.17. The van der Waals surface area contributed by atoms with Gasteiger partial charge in [-0.15, -0.1) is 0 Å². The number of nitrogens with one attached hydrogen (secondary N) is 1. The van der Waals surface area contributed by atoms with Crippen LogP contribution in [0.2, 0.25) is 0 Å². The van der Waals surface area contributed by atoms with Gasteiger partial charge in [-0.05, 0) is 39.7 Å². The summed E-state index contributed by atoms with van der Waals surface area (Å²) < 4.78 is 6.94. The van der Waals surface area contributed by atoms with Gasteiger partial charge in [-0.25, -0.2) is 0 Å². The van der Waals surface area contributed by atoms with Gasteiger partial charge in [-0.3, -0.25) is 0 Å². The molecule has 0 aliphatic rings. The summed E-state index contributed by atoms with van der Waals surface area (Å²) in [5, 5.41) is 12.4. The molecule has 2 aromatic carbocycles. The molecular formula is C17H20BrNO2. The van der Waals surface area contributed by atoms with Crippen molar-refractivity contribution >= 4 is 15.9 Å². The van der Waals surface area contributed by atoms with Crippen LogP contribution in [0.4, 0.5) is 0 Å². The van der Waals surface area contributed by atoms with Crippen LogP contribution in [0.15, 0.2) is 46.9 Å². The molecule has 0 saturated heterocycles. The van der Waals surface area contributed by atoms with Crippen molar-refractivity contribution in [2.75, 3.05) is 6.54 Å². The Balaban J connectivity index is 2.07. The Morgan fingerprint density at radius 1 is 1.10 bits per heavy atom. The number of halogens is 1. The second-order valence-electron chi connectivity index (χ2n) is 4.77. The molecule has 112 valence electrons. The maximum Gasteiger partial charge on any atom is 0.138 e. The Morgan fingerprint density at radius 2 is 1.81 bits per heavy atom. The average molecular weight is 350 g/mol. The molecule has 0 atom stereocenters. The van der Waals surface area contributed by atoms with Gasteiger partial charge >= 0.3 is 0 Å². The number of hydrogen-bond acceptors (Lipinski definition) is 3. The van der Waals surface area contributed by atoms with Crippen molar-refractivity contribution in [3.05, 3.63) is 63.6 Å². The van der Waals surface area contributed by atoms with E-state index >= 15 is 0 Å². The van der Waals surface area contributed by atoms with Gasteiger partial charge in [0.15, 0.2) is 0 Å². The molecule has 0 aliphatic carbocycles. The molecule has 0 amide bonds. The minimum absolute atomic E-state index is 0.0677. The van der Waals surface area contributed by atoms with E-state index in [0.29, 0.717) is 6.61 Å². The third kappa shape index (κ3) is 4.56. The highest BCUT2D eigenvalue weighted by Gasteiger charge is 2.08. The molecular weight excluding hydrogens is 330 g/mol. The summed E-state index contributed by atoms with van der Waals surface area (Å²) in [5.74, 6) is 0.879. The minimum Gasteiger partial charge on any atom is -0.487 e. The molecule has 0 heterocycles. The van der Waals surface area contributed by atoms with Crippen molar-refractivity contribution in [3.8, 4) is 5.75 Å². The zero-order valence-corrected chi connectivity index (χ0v) is 13.7. The Bertz CT molecular complexity index is 570. The molecule has 0 saturated carbocycles. The molecule has 2 aromatic rings. The number of hydrogen-bond donors (Lipinski definition) is 2. The zero-order valence-electron chi connectivity index (χ0n) is 12.1. The van der Waals surface area contributed by atoms with Gasteiger partial charge in [0, 0.05) is 12.1 Å². The van der Waals surface area contributed by atoms with E-state index in [0.717, 1.165) is 40.0 Å². The van der Waals surface area contributed by atoms with E-state index in [2.05, 4.69) is 34.2 Å². The highest BCUT2D eigenvalue weighted by molar-refractivity contribution is 9.10. The topological polar surface area (TPSA) is 41.5 Å². The van der Waals surface area contributed by atoms with Crippen LogP contribution in [0.1, 0.15) is 23.6 Å². The van der Waals surface area contributed by atoms with Crippen LogP contribution in [-0.2, 0) is 19.8 Å². The highest BCUT2D eigenvalue weighted by atomic mass is 79.9. The summed E-state index contributed by atoms with van der Waals surface area (Å²) in [4.78, 5) is 0. The van der Waals surface area contributed by atoms with Crippen molar-refractivity contribution in [3.63, 3.8) is 0 Å². The van der Waals surface area contributed by atoms with Crippen molar-refractivity contribution < 1.29 is 9.84 Å². The Kier molecular flexibility index (Phi) is 6.23. The van der Waals surface area contributed by atoms with Crippen LogP contribution in [0.25, 0.3) is 0 Å². The quantitative estimate of drug-likeness (QED) is 0.801. The largest absolute Gasteiger partial charge is 0.487 e. The molecule has 2 rings (SSSR count). The summed E-state index contributed by atoms with van der Waals surface area (Å²) in [7, 11) is 0. The van der Waals surface area contributed by atoms with E-state index in [1.165, 1.54) is 0 Å². The smallest absolute Gasteiger partial charge is 0.138 e. The molecule has 21 heavy (non-hydrogen) atoms. The predicted molar refractivity (Wildman–Crippen MR) is 88.2 cm³/mol. The molecule has 4 heteroatoms. The monoisotopic (exact) mass is 349 g/mol. The molecule has 0 spiro atoms. The third-order valence-corrected chi connectivity index (χ3v) is 3.83. The third-order valence-electron chi connectivity index (χ3n) is 3.20. The number of aliphatic hydroxyl groups is 1. The van der Waals surface area contributed by atoms with E-state index in [4.69, 9.17) is 9.84 Å². The molecule has 0 aliphatic heterocycles. The molecule has 0 radical (unpaired) electrons. The number of benzene rings is 2. The second-order valence-corrected chi connectivity index (χ2v) is 5.63. The van der Waals surface area contributed by atoms with E-state index in [9.17, 15) is 0 Å². The summed E-state index contributed by atoms with van der Waals surface area (Å²) in [6, 6.07) is 13.9. The maximum absolute atomic E-state index is 9.05. The maximum atomic E-state index is 9.05. The van der Waals surface area contributed by atoms with Crippen molar-refractivity contribution in [1.29, 1.82) is 0 Å². The van der Waals surface area contributed by atoms with Crippen LogP contribution in [0.5, 0.6) is 5.75 Å². The summed E-state index contributed by atoms with van der Waals surface area (Å²) in [5.41, 5.74) is 3.13. The molecule has 2 N–H and O–H groups in total. The number of ether oxygens (including phenoxy) is 1. The fourth-order valence-corrected chi connectivity index (χ4v) is 2.53. The van der Waals surface area contributed by atoms with Crippen molar-refractivity contribution in [1.82, 2.24) is 5.32 Å². The fourth-order valence-electron chi connectivity index (χ4n) is 2.01. The first-order chi connectivity index (χ1) is 10.2. The van der Waals surface area contributed by atoms with Crippen LogP contribution in [0, 0.1) is 0 Å². The van der Waals surface area contributed by atoms with E-state index in [1.807, 2.05) is 36.4 Å². The Hall–Kier alpha value is -1.36. The normalized spacial score (nSPS) is 10.6. The van der Waals surface area contributed by atoms with Crippen molar-refractivity contribution in [2.45, 2.75) is 26.7 Å².